The van der Waals surface area contributed by atoms with E-state index in [1.165, 1.54) is 54.1 Å². The maximum Gasteiger partial charge on any atom is 0.295 e. The van der Waals surface area contributed by atoms with Crippen molar-refractivity contribution in [3.8, 4) is 0 Å². The molecule has 0 bridgehead atoms. The summed E-state index contributed by atoms with van der Waals surface area (Å²) in [5, 5.41) is 15.9. The maximum absolute atomic E-state index is 12.7. The number of hydrazone groups is 1. The summed E-state index contributed by atoms with van der Waals surface area (Å²) in [7, 11) is -3.80. The number of nitrogens with zero attached hydrogens (tertiary/aromatic N) is 3. The maximum atomic E-state index is 12.7. The van der Waals surface area contributed by atoms with Crippen LogP contribution < -0.4 is 5.43 Å². The molecule has 2 aromatic carbocycles. The van der Waals surface area contributed by atoms with Crippen LogP contribution in [-0.4, -0.2) is 36.4 Å². The smallest absolute Gasteiger partial charge is 0.271 e. The Morgan fingerprint density at radius 1 is 1.09 bits per heavy atom. The Labute approximate surface area is 195 Å². The number of benzene rings is 2. The summed E-state index contributed by atoms with van der Waals surface area (Å²) in [6.07, 6.45) is 6.35. The van der Waals surface area contributed by atoms with Crippen molar-refractivity contribution in [1.82, 2.24) is 4.31 Å². The van der Waals surface area contributed by atoms with E-state index in [-0.39, 0.29) is 29.4 Å². The molecule has 0 atom stereocenters. The molecule has 8 nitrogen and oxygen atoms in total. The van der Waals surface area contributed by atoms with Crippen LogP contribution in [-0.2, 0) is 10.0 Å². The molecule has 1 aliphatic carbocycles. The standard InChI is InChI=1S/C24H32N4O4S/c1-4-27(5-2)33(31,32)22-15-16-23(24(17-22)28(29)30)26-25-18(3)19-11-13-21(14-12-19)20-9-7-6-8-10-20/h11-17,20,26H,4-10H2,1-3H3/b25-18+. The minimum Gasteiger partial charge on any atom is -0.271 e. The topological polar surface area (TPSA) is 105 Å². The number of nitrogens with one attached hydrogen (secondary N) is 1. The summed E-state index contributed by atoms with van der Waals surface area (Å²) in [6, 6.07) is 12.2. The summed E-state index contributed by atoms with van der Waals surface area (Å²) in [5.74, 6) is 0.622. The first kappa shape index (κ1) is 24.9. The van der Waals surface area contributed by atoms with E-state index in [0.29, 0.717) is 11.6 Å². The first-order chi connectivity index (χ1) is 15.8. The molecule has 0 aromatic heterocycles. The number of nitro groups is 1. The molecule has 1 saturated carbocycles. The van der Waals surface area contributed by atoms with Gasteiger partial charge in [0.1, 0.15) is 5.69 Å². The van der Waals surface area contributed by atoms with Crippen molar-refractivity contribution in [3.05, 3.63) is 63.7 Å². The van der Waals surface area contributed by atoms with Crippen molar-refractivity contribution >= 4 is 27.1 Å². The van der Waals surface area contributed by atoms with Crippen LogP contribution in [0.4, 0.5) is 11.4 Å². The number of rotatable bonds is 9. The molecular weight excluding hydrogens is 440 g/mol. The monoisotopic (exact) mass is 472 g/mol. The Hall–Kier alpha value is -2.78. The van der Waals surface area contributed by atoms with Crippen molar-refractivity contribution in [2.75, 3.05) is 18.5 Å². The van der Waals surface area contributed by atoms with Gasteiger partial charge in [0.05, 0.1) is 15.5 Å². The number of nitro benzene ring substituents is 1. The number of anilines is 1. The summed E-state index contributed by atoms with van der Waals surface area (Å²) in [4.78, 5) is 10.9. The highest BCUT2D eigenvalue weighted by molar-refractivity contribution is 7.89. The Morgan fingerprint density at radius 3 is 2.30 bits per heavy atom. The van der Waals surface area contributed by atoms with E-state index in [1.54, 1.807) is 13.8 Å². The molecule has 3 rings (SSSR count). The minimum atomic E-state index is -3.80. The zero-order valence-corrected chi connectivity index (χ0v) is 20.3. The summed E-state index contributed by atoms with van der Waals surface area (Å²) in [6.45, 7) is 5.86. The lowest BCUT2D eigenvalue weighted by molar-refractivity contribution is -0.384. The number of hydrogen-bond acceptors (Lipinski definition) is 6. The summed E-state index contributed by atoms with van der Waals surface area (Å²) >= 11 is 0. The van der Waals surface area contributed by atoms with Crippen LogP contribution in [0.15, 0.2) is 52.5 Å². The molecule has 0 amide bonds. The molecule has 1 N–H and O–H groups in total. The second-order valence-electron chi connectivity index (χ2n) is 8.29. The third-order valence-corrected chi connectivity index (χ3v) is 8.30. The fourth-order valence-electron chi connectivity index (χ4n) is 4.27. The number of sulfonamides is 1. The van der Waals surface area contributed by atoms with E-state index in [9.17, 15) is 18.5 Å². The van der Waals surface area contributed by atoms with Gasteiger partial charge in [-0.1, -0.05) is 57.4 Å². The van der Waals surface area contributed by atoms with E-state index in [4.69, 9.17) is 0 Å². The normalized spacial score (nSPS) is 15.6. The fraction of sp³-hybridized carbons (Fsp3) is 0.458. The van der Waals surface area contributed by atoms with Crippen molar-refractivity contribution in [2.45, 2.75) is 63.7 Å². The molecule has 178 valence electrons. The molecular formula is C24H32N4O4S. The average molecular weight is 473 g/mol. The van der Waals surface area contributed by atoms with Gasteiger partial charge in [-0.3, -0.25) is 15.5 Å². The molecule has 33 heavy (non-hydrogen) atoms. The average Bonchev–Trinajstić information content (AvgIpc) is 2.83. The van der Waals surface area contributed by atoms with Gasteiger partial charge in [-0.15, -0.1) is 0 Å². The molecule has 0 unspecified atom stereocenters. The minimum absolute atomic E-state index is 0.109. The summed E-state index contributed by atoms with van der Waals surface area (Å²) in [5.41, 5.74) is 5.49. The lowest BCUT2D eigenvalue weighted by Crippen LogP contribution is -2.30. The van der Waals surface area contributed by atoms with E-state index in [0.717, 1.165) is 11.6 Å². The second-order valence-corrected chi connectivity index (χ2v) is 10.2. The number of hydrogen-bond donors (Lipinski definition) is 1. The van der Waals surface area contributed by atoms with Gasteiger partial charge in [0, 0.05) is 19.2 Å². The SMILES string of the molecule is CCN(CC)S(=O)(=O)c1ccc(N/N=C(\C)c2ccc(C3CCCCC3)cc2)c([N+](=O)[O-])c1. The third kappa shape index (κ3) is 5.78. The fourth-order valence-corrected chi connectivity index (χ4v) is 5.75. The Kier molecular flexibility index (Phi) is 8.20. The van der Waals surface area contributed by atoms with E-state index < -0.39 is 14.9 Å². The van der Waals surface area contributed by atoms with Gasteiger partial charge < -0.3 is 0 Å². The molecule has 0 spiro atoms. The van der Waals surface area contributed by atoms with Crippen molar-refractivity contribution in [1.29, 1.82) is 0 Å². The van der Waals surface area contributed by atoms with Gasteiger partial charge >= 0.3 is 0 Å². The lowest BCUT2D eigenvalue weighted by Gasteiger charge is -2.22. The van der Waals surface area contributed by atoms with Crippen molar-refractivity contribution in [3.63, 3.8) is 0 Å². The van der Waals surface area contributed by atoms with E-state index in [1.807, 2.05) is 19.1 Å². The molecule has 0 aliphatic heterocycles. The van der Waals surface area contributed by atoms with Gasteiger partial charge in [-0.2, -0.15) is 9.41 Å². The van der Waals surface area contributed by atoms with Gasteiger partial charge in [0.25, 0.3) is 5.69 Å². The zero-order valence-electron chi connectivity index (χ0n) is 19.5. The van der Waals surface area contributed by atoms with Crippen LogP contribution in [0.2, 0.25) is 0 Å². The Bertz CT molecular complexity index is 1100. The van der Waals surface area contributed by atoms with Crippen LogP contribution >= 0.6 is 0 Å². The van der Waals surface area contributed by atoms with Gasteiger partial charge in [-0.25, -0.2) is 8.42 Å². The van der Waals surface area contributed by atoms with Gasteiger partial charge in [0.15, 0.2) is 0 Å². The molecule has 2 aromatic rings. The summed E-state index contributed by atoms with van der Waals surface area (Å²) < 4.78 is 26.7. The predicted molar refractivity (Wildman–Crippen MR) is 131 cm³/mol. The first-order valence-electron chi connectivity index (χ1n) is 11.5. The van der Waals surface area contributed by atoms with Crippen LogP contribution in [0.1, 0.15) is 69.9 Å². The lowest BCUT2D eigenvalue weighted by atomic mass is 9.84. The zero-order chi connectivity index (χ0) is 24.0. The highest BCUT2D eigenvalue weighted by Gasteiger charge is 2.25. The molecule has 1 fully saturated rings. The largest absolute Gasteiger partial charge is 0.295 e. The highest BCUT2D eigenvalue weighted by Crippen LogP contribution is 2.33. The molecule has 0 radical (unpaired) electrons. The molecule has 9 heteroatoms. The Balaban J connectivity index is 1.80. The Morgan fingerprint density at radius 2 is 1.73 bits per heavy atom. The molecule has 1 aliphatic rings. The quantitative estimate of drug-likeness (QED) is 0.294. The highest BCUT2D eigenvalue weighted by atomic mass is 32.2. The van der Waals surface area contributed by atoms with E-state index in [2.05, 4.69) is 22.7 Å². The first-order valence-corrected chi connectivity index (χ1v) is 12.9. The second kappa shape index (κ2) is 10.9. The van der Waals surface area contributed by atoms with Crippen LogP contribution in [0.3, 0.4) is 0 Å². The van der Waals surface area contributed by atoms with Crippen LogP contribution in [0.5, 0.6) is 0 Å². The third-order valence-electron chi connectivity index (χ3n) is 6.26. The van der Waals surface area contributed by atoms with Gasteiger partial charge in [0.2, 0.25) is 10.0 Å². The van der Waals surface area contributed by atoms with Crippen LogP contribution in [0, 0.1) is 10.1 Å². The molecule has 0 saturated heterocycles. The van der Waals surface area contributed by atoms with Gasteiger partial charge in [-0.05, 0) is 48.9 Å². The van der Waals surface area contributed by atoms with Crippen molar-refractivity contribution < 1.29 is 13.3 Å². The predicted octanol–water partition coefficient (Wildman–Crippen LogP) is 5.51. The van der Waals surface area contributed by atoms with Crippen LogP contribution in [0.25, 0.3) is 0 Å². The van der Waals surface area contributed by atoms with E-state index >= 15 is 0 Å². The van der Waals surface area contributed by atoms with Crippen molar-refractivity contribution in [2.24, 2.45) is 5.10 Å². The molecule has 0 heterocycles.